The summed E-state index contributed by atoms with van der Waals surface area (Å²) in [5.41, 5.74) is 1.87. The van der Waals surface area contributed by atoms with Crippen molar-refractivity contribution in [2.45, 2.75) is 13.2 Å². The summed E-state index contributed by atoms with van der Waals surface area (Å²) in [6.45, 7) is 0.361. The van der Waals surface area contributed by atoms with Crippen LogP contribution in [0.3, 0.4) is 0 Å². The van der Waals surface area contributed by atoms with Crippen LogP contribution in [0.1, 0.15) is 22.1 Å². The van der Waals surface area contributed by atoms with Gasteiger partial charge in [0.15, 0.2) is 12.3 Å². The Labute approximate surface area is 160 Å². The normalized spacial score (nSPS) is 10.9. The fourth-order valence-corrected chi connectivity index (χ4v) is 2.79. The summed E-state index contributed by atoms with van der Waals surface area (Å²) in [5.74, 6) is -0.0898. The van der Waals surface area contributed by atoms with E-state index in [1.54, 1.807) is 25.4 Å². The summed E-state index contributed by atoms with van der Waals surface area (Å²) in [6, 6.07) is 11.5. The molecule has 8 heteroatoms. The van der Waals surface area contributed by atoms with Gasteiger partial charge in [-0.1, -0.05) is 12.1 Å². The summed E-state index contributed by atoms with van der Waals surface area (Å²) in [5, 5.41) is 0. The SMILES string of the molecule is CN(Cc1cnc2ccccn12)C(=O)c1coc(COc2cccc(F)c2)n1. The Kier molecular flexibility index (Phi) is 4.76. The van der Waals surface area contributed by atoms with Crippen LogP contribution in [0.4, 0.5) is 4.39 Å². The van der Waals surface area contributed by atoms with Crippen molar-refractivity contribution in [1.82, 2.24) is 19.3 Å². The number of oxazole rings is 1. The number of hydrogen-bond donors (Lipinski definition) is 0. The molecule has 4 rings (SSSR count). The van der Waals surface area contributed by atoms with Crippen LogP contribution in [-0.2, 0) is 13.2 Å². The van der Waals surface area contributed by atoms with Crippen molar-refractivity contribution in [3.05, 3.63) is 84.2 Å². The first-order valence-corrected chi connectivity index (χ1v) is 8.59. The number of hydrogen-bond acceptors (Lipinski definition) is 5. The van der Waals surface area contributed by atoms with Crippen LogP contribution < -0.4 is 4.74 Å². The molecule has 0 radical (unpaired) electrons. The second kappa shape index (κ2) is 7.51. The summed E-state index contributed by atoms with van der Waals surface area (Å²) >= 11 is 0. The molecule has 0 aliphatic heterocycles. The molecule has 0 bridgehead atoms. The minimum atomic E-state index is -0.394. The minimum Gasteiger partial charge on any atom is -0.484 e. The number of benzene rings is 1. The number of pyridine rings is 1. The number of carbonyl (C=O) groups is 1. The summed E-state index contributed by atoms with van der Waals surface area (Å²) in [4.78, 5) is 22.6. The van der Waals surface area contributed by atoms with E-state index in [2.05, 4.69) is 9.97 Å². The second-order valence-electron chi connectivity index (χ2n) is 6.21. The van der Waals surface area contributed by atoms with Gasteiger partial charge in [-0.3, -0.25) is 4.79 Å². The highest BCUT2D eigenvalue weighted by atomic mass is 19.1. The molecule has 0 saturated carbocycles. The van der Waals surface area contributed by atoms with Crippen molar-refractivity contribution in [2.24, 2.45) is 0 Å². The molecule has 1 aromatic carbocycles. The van der Waals surface area contributed by atoms with E-state index in [1.165, 1.54) is 23.3 Å². The van der Waals surface area contributed by atoms with Crippen LogP contribution in [0.15, 0.2) is 65.5 Å². The number of halogens is 1. The van der Waals surface area contributed by atoms with Gasteiger partial charge in [0.2, 0.25) is 5.89 Å². The van der Waals surface area contributed by atoms with Crippen LogP contribution in [0, 0.1) is 5.82 Å². The zero-order chi connectivity index (χ0) is 19.5. The van der Waals surface area contributed by atoms with E-state index in [9.17, 15) is 9.18 Å². The van der Waals surface area contributed by atoms with Crippen molar-refractivity contribution in [3.8, 4) is 5.75 Å². The summed E-state index contributed by atoms with van der Waals surface area (Å²) < 4.78 is 25.8. The molecule has 0 spiro atoms. The topological polar surface area (TPSA) is 72.9 Å². The lowest BCUT2D eigenvalue weighted by molar-refractivity contribution is 0.0777. The molecule has 0 saturated heterocycles. The van der Waals surface area contributed by atoms with E-state index < -0.39 is 5.82 Å². The molecule has 1 amide bonds. The molecule has 0 aliphatic carbocycles. The van der Waals surface area contributed by atoms with Crippen molar-refractivity contribution < 1.29 is 18.3 Å². The Morgan fingerprint density at radius 2 is 2.18 bits per heavy atom. The highest BCUT2D eigenvalue weighted by molar-refractivity contribution is 5.91. The van der Waals surface area contributed by atoms with Gasteiger partial charge in [0.1, 0.15) is 23.5 Å². The van der Waals surface area contributed by atoms with E-state index in [0.29, 0.717) is 12.3 Å². The quantitative estimate of drug-likeness (QED) is 0.513. The first-order valence-electron chi connectivity index (χ1n) is 8.59. The predicted octanol–water partition coefficient (Wildman–Crippen LogP) is 3.31. The number of rotatable bonds is 6. The maximum Gasteiger partial charge on any atom is 0.275 e. The third-order valence-electron chi connectivity index (χ3n) is 4.17. The molecule has 0 aliphatic rings. The minimum absolute atomic E-state index is 0.00624. The number of carbonyl (C=O) groups excluding carboxylic acids is 1. The predicted molar refractivity (Wildman–Crippen MR) is 98.2 cm³/mol. The Bertz CT molecular complexity index is 1120. The number of fused-ring (bicyclic) bond motifs is 1. The van der Waals surface area contributed by atoms with Gasteiger partial charge in [-0.15, -0.1) is 0 Å². The van der Waals surface area contributed by atoms with Crippen molar-refractivity contribution >= 4 is 11.6 Å². The van der Waals surface area contributed by atoms with Crippen LogP contribution in [0.25, 0.3) is 5.65 Å². The molecule has 3 heterocycles. The molecule has 0 N–H and O–H groups in total. The number of ether oxygens (including phenoxy) is 1. The maximum atomic E-state index is 13.2. The molecule has 142 valence electrons. The Balaban J connectivity index is 1.40. The van der Waals surface area contributed by atoms with Crippen molar-refractivity contribution in [1.29, 1.82) is 0 Å². The van der Waals surface area contributed by atoms with Crippen molar-refractivity contribution in [3.63, 3.8) is 0 Å². The van der Waals surface area contributed by atoms with Gasteiger partial charge in [0, 0.05) is 19.3 Å². The van der Waals surface area contributed by atoms with Gasteiger partial charge in [-0.05, 0) is 24.3 Å². The highest BCUT2D eigenvalue weighted by Gasteiger charge is 2.18. The molecule has 4 aromatic rings. The van der Waals surface area contributed by atoms with Gasteiger partial charge in [-0.2, -0.15) is 0 Å². The second-order valence-corrected chi connectivity index (χ2v) is 6.21. The Morgan fingerprint density at radius 1 is 1.29 bits per heavy atom. The molecular formula is C20H17FN4O3. The molecule has 7 nitrogen and oxygen atoms in total. The van der Waals surface area contributed by atoms with E-state index in [-0.39, 0.29) is 24.1 Å². The fraction of sp³-hybridized carbons (Fsp3) is 0.150. The van der Waals surface area contributed by atoms with Gasteiger partial charge in [-0.25, -0.2) is 14.4 Å². The Hall–Kier alpha value is -3.68. The molecule has 0 fully saturated rings. The lowest BCUT2D eigenvalue weighted by Gasteiger charge is -2.15. The fourth-order valence-electron chi connectivity index (χ4n) is 2.79. The summed E-state index contributed by atoms with van der Waals surface area (Å²) in [7, 11) is 1.68. The lowest BCUT2D eigenvalue weighted by Crippen LogP contribution is -2.27. The number of imidazole rings is 1. The molecule has 0 unspecified atom stereocenters. The largest absolute Gasteiger partial charge is 0.484 e. The van der Waals surface area contributed by atoms with E-state index >= 15 is 0 Å². The zero-order valence-corrected chi connectivity index (χ0v) is 15.1. The van der Waals surface area contributed by atoms with E-state index in [4.69, 9.17) is 9.15 Å². The summed E-state index contributed by atoms with van der Waals surface area (Å²) in [6.07, 6.45) is 4.92. The Morgan fingerprint density at radius 3 is 3.04 bits per heavy atom. The average Bonchev–Trinajstić information content (AvgIpc) is 3.33. The van der Waals surface area contributed by atoms with E-state index in [0.717, 1.165) is 11.3 Å². The van der Waals surface area contributed by atoms with Crippen LogP contribution in [-0.4, -0.2) is 32.2 Å². The van der Waals surface area contributed by atoms with Crippen molar-refractivity contribution in [2.75, 3.05) is 7.05 Å². The van der Waals surface area contributed by atoms with Gasteiger partial charge in [0.25, 0.3) is 5.91 Å². The number of amides is 1. The zero-order valence-electron chi connectivity index (χ0n) is 15.1. The average molecular weight is 380 g/mol. The first-order chi connectivity index (χ1) is 13.6. The van der Waals surface area contributed by atoms with Crippen LogP contribution in [0.5, 0.6) is 5.75 Å². The van der Waals surface area contributed by atoms with Gasteiger partial charge in [0.05, 0.1) is 18.4 Å². The monoisotopic (exact) mass is 380 g/mol. The molecule has 3 aromatic heterocycles. The number of nitrogens with zero attached hydrogens (tertiary/aromatic N) is 4. The first kappa shape index (κ1) is 17.7. The van der Waals surface area contributed by atoms with Gasteiger partial charge < -0.3 is 18.5 Å². The molecule has 0 atom stereocenters. The highest BCUT2D eigenvalue weighted by Crippen LogP contribution is 2.15. The van der Waals surface area contributed by atoms with Crippen LogP contribution in [0.2, 0.25) is 0 Å². The smallest absolute Gasteiger partial charge is 0.275 e. The number of aromatic nitrogens is 3. The standard InChI is InChI=1S/C20H17FN4O3/c1-24(11-15-10-22-18-7-2-3-8-25(15)18)20(26)17-12-28-19(23-17)13-27-16-6-4-5-14(21)9-16/h2-10,12H,11,13H2,1H3. The molecule has 28 heavy (non-hydrogen) atoms. The third-order valence-corrected chi connectivity index (χ3v) is 4.17. The van der Waals surface area contributed by atoms with E-state index in [1.807, 2.05) is 28.8 Å². The van der Waals surface area contributed by atoms with Crippen LogP contribution >= 0.6 is 0 Å². The maximum absolute atomic E-state index is 13.2. The third kappa shape index (κ3) is 3.71. The molecular weight excluding hydrogens is 363 g/mol. The lowest BCUT2D eigenvalue weighted by atomic mass is 10.3. The van der Waals surface area contributed by atoms with Gasteiger partial charge >= 0.3 is 0 Å².